The van der Waals surface area contributed by atoms with E-state index in [1.54, 1.807) is 0 Å². The molecule has 0 aliphatic carbocycles. The second-order valence-electron chi connectivity index (χ2n) is 8.80. The van der Waals surface area contributed by atoms with E-state index in [0.29, 0.717) is 5.75 Å². The topological polar surface area (TPSA) is 54.5 Å². The van der Waals surface area contributed by atoms with Gasteiger partial charge in [0.1, 0.15) is 17.1 Å². The number of amides is 1. The summed E-state index contributed by atoms with van der Waals surface area (Å²) in [5, 5.41) is 6.05. The molecule has 0 spiro atoms. The first kappa shape index (κ1) is 21.2. The molecule has 5 nitrogen and oxygen atoms in total. The van der Waals surface area contributed by atoms with Crippen LogP contribution in [-0.2, 0) is 17.8 Å². The monoisotopic (exact) mass is 459 g/mol. The molecule has 0 unspecified atom stereocenters. The van der Waals surface area contributed by atoms with Crippen LogP contribution in [-0.4, -0.2) is 24.0 Å². The van der Waals surface area contributed by atoms with Crippen LogP contribution in [0.5, 0.6) is 5.75 Å². The largest absolute Gasteiger partial charge is 0.481 e. The minimum absolute atomic E-state index is 0.0919. The highest BCUT2D eigenvalue weighted by Gasteiger charge is 2.18. The molecule has 1 amide bonds. The van der Waals surface area contributed by atoms with E-state index in [2.05, 4.69) is 46.6 Å². The standard InChI is InChI=1S/C30H25N3O2/c34-29(31-26-13-5-10-22-8-3-4-12-25(22)26)20-35-27-14-6-11-23-15-16-28(32-30(23)27)33-18-17-21-7-1-2-9-24(21)19-33/h1-16H,17-20H2,(H,31,34). The molecule has 6 rings (SSSR count). The maximum atomic E-state index is 12.7. The number of carbonyl (C=O) groups is 1. The number of benzene rings is 4. The highest BCUT2D eigenvalue weighted by Crippen LogP contribution is 2.29. The zero-order chi connectivity index (χ0) is 23.6. The highest BCUT2D eigenvalue weighted by atomic mass is 16.5. The Kier molecular flexibility index (Phi) is 5.51. The predicted octanol–water partition coefficient (Wildman–Crippen LogP) is 5.97. The number of hydrogen-bond donors (Lipinski definition) is 1. The number of aromatic nitrogens is 1. The number of para-hydroxylation sites is 1. The van der Waals surface area contributed by atoms with Gasteiger partial charge in [0.05, 0.1) is 0 Å². The number of fused-ring (bicyclic) bond motifs is 3. The molecule has 0 atom stereocenters. The average molecular weight is 460 g/mol. The second-order valence-corrected chi connectivity index (χ2v) is 8.80. The van der Waals surface area contributed by atoms with Crippen molar-refractivity contribution >= 4 is 39.1 Å². The zero-order valence-corrected chi connectivity index (χ0v) is 19.3. The van der Waals surface area contributed by atoms with Crippen LogP contribution in [0.3, 0.4) is 0 Å². The summed E-state index contributed by atoms with van der Waals surface area (Å²) in [6.45, 7) is 1.67. The molecule has 4 aromatic carbocycles. The molecule has 35 heavy (non-hydrogen) atoms. The number of nitrogens with one attached hydrogen (secondary N) is 1. The minimum Gasteiger partial charge on any atom is -0.481 e. The molecule has 5 aromatic rings. The smallest absolute Gasteiger partial charge is 0.262 e. The van der Waals surface area contributed by atoms with E-state index in [4.69, 9.17) is 9.72 Å². The summed E-state index contributed by atoms with van der Waals surface area (Å²) in [4.78, 5) is 20.0. The summed E-state index contributed by atoms with van der Waals surface area (Å²) < 4.78 is 5.97. The number of ether oxygens (including phenoxy) is 1. The summed E-state index contributed by atoms with van der Waals surface area (Å²) in [5.74, 6) is 1.32. The molecule has 5 heteroatoms. The summed E-state index contributed by atoms with van der Waals surface area (Å²) >= 11 is 0. The van der Waals surface area contributed by atoms with Gasteiger partial charge < -0.3 is 15.0 Å². The van der Waals surface area contributed by atoms with E-state index in [-0.39, 0.29) is 12.5 Å². The van der Waals surface area contributed by atoms with Gasteiger partial charge in [-0.05, 0) is 47.2 Å². The van der Waals surface area contributed by atoms with Gasteiger partial charge in [0.2, 0.25) is 0 Å². The Labute approximate surface area is 204 Å². The van der Waals surface area contributed by atoms with Crippen LogP contribution in [0.25, 0.3) is 21.7 Å². The van der Waals surface area contributed by atoms with Gasteiger partial charge in [-0.1, -0.05) is 72.8 Å². The number of nitrogens with zero attached hydrogens (tertiary/aromatic N) is 2. The van der Waals surface area contributed by atoms with Crippen LogP contribution in [0.15, 0.2) is 97.1 Å². The lowest BCUT2D eigenvalue weighted by molar-refractivity contribution is -0.118. The zero-order valence-electron chi connectivity index (χ0n) is 19.3. The van der Waals surface area contributed by atoms with Crippen LogP contribution in [0.1, 0.15) is 11.1 Å². The van der Waals surface area contributed by atoms with Crippen LogP contribution < -0.4 is 15.0 Å². The molecular weight excluding hydrogens is 434 g/mol. The van der Waals surface area contributed by atoms with E-state index in [1.807, 2.05) is 60.7 Å². The van der Waals surface area contributed by atoms with Gasteiger partial charge in [0, 0.05) is 29.5 Å². The normalized spacial score (nSPS) is 13.0. The Morgan fingerprint density at radius 1 is 0.829 bits per heavy atom. The fourth-order valence-corrected chi connectivity index (χ4v) is 4.76. The number of hydrogen-bond acceptors (Lipinski definition) is 4. The summed E-state index contributed by atoms with van der Waals surface area (Å²) in [6.07, 6.45) is 1.00. The quantitative estimate of drug-likeness (QED) is 0.352. The Balaban J connectivity index is 1.20. The first-order valence-electron chi connectivity index (χ1n) is 11.9. The number of rotatable bonds is 5. The van der Waals surface area contributed by atoms with E-state index in [9.17, 15) is 4.79 Å². The molecule has 0 fully saturated rings. The van der Waals surface area contributed by atoms with Crippen molar-refractivity contribution < 1.29 is 9.53 Å². The molecule has 1 N–H and O–H groups in total. The van der Waals surface area contributed by atoms with Crippen molar-refractivity contribution in [2.24, 2.45) is 0 Å². The fourth-order valence-electron chi connectivity index (χ4n) is 4.76. The van der Waals surface area contributed by atoms with Gasteiger partial charge in [0.25, 0.3) is 5.91 Å². The van der Waals surface area contributed by atoms with Crippen molar-refractivity contribution in [1.29, 1.82) is 0 Å². The van der Waals surface area contributed by atoms with Gasteiger partial charge in [-0.15, -0.1) is 0 Å². The maximum absolute atomic E-state index is 12.7. The Bertz CT molecular complexity index is 1540. The number of pyridine rings is 1. The van der Waals surface area contributed by atoms with Crippen LogP contribution in [0.2, 0.25) is 0 Å². The lowest BCUT2D eigenvalue weighted by Gasteiger charge is -2.30. The SMILES string of the molecule is O=C(COc1cccc2ccc(N3CCc4ccccc4C3)nc12)Nc1cccc2ccccc12. The Morgan fingerprint density at radius 2 is 1.60 bits per heavy atom. The van der Waals surface area contributed by atoms with Crippen molar-refractivity contribution in [3.05, 3.63) is 108 Å². The predicted molar refractivity (Wildman–Crippen MR) is 141 cm³/mol. The van der Waals surface area contributed by atoms with Gasteiger partial charge in [0.15, 0.2) is 6.61 Å². The van der Waals surface area contributed by atoms with Crippen LogP contribution in [0, 0.1) is 0 Å². The molecule has 172 valence electrons. The van der Waals surface area contributed by atoms with Gasteiger partial charge in [-0.3, -0.25) is 4.79 Å². The molecule has 0 saturated heterocycles. The number of carbonyl (C=O) groups excluding carboxylic acids is 1. The second kappa shape index (κ2) is 9.11. The van der Waals surface area contributed by atoms with Crippen molar-refractivity contribution in [3.63, 3.8) is 0 Å². The highest BCUT2D eigenvalue weighted by molar-refractivity contribution is 6.02. The average Bonchev–Trinajstić information content (AvgIpc) is 2.91. The van der Waals surface area contributed by atoms with Crippen LogP contribution in [0.4, 0.5) is 11.5 Å². The van der Waals surface area contributed by atoms with Crippen molar-refractivity contribution in [2.45, 2.75) is 13.0 Å². The minimum atomic E-state index is -0.206. The van der Waals surface area contributed by atoms with Crippen molar-refractivity contribution in [1.82, 2.24) is 4.98 Å². The first-order chi connectivity index (χ1) is 17.2. The summed E-state index contributed by atoms with van der Waals surface area (Å²) in [6, 6.07) is 32.4. The molecule has 0 bridgehead atoms. The number of anilines is 2. The molecule has 0 radical (unpaired) electrons. The maximum Gasteiger partial charge on any atom is 0.262 e. The third kappa shape index (κ3) is 4.28. The summed E-state index contributed by atoms with van der Waals surface area (Å²) in [5.41, 5.74) is 4.29. The van der Waals surface area contributed by atoms with Crippen molar-refractivity contribution in [2.75, 3.05) is 23.4 Å². The Morgan fingerprint density at radius 3 is 2.54 bits per heavy atom. The molecule has 1 aliphatic heterocycles. The third-order valence-corrected chi connectivity index (χ3v) is 6.55. The van der Waals surface area contributed by atoms with E-state index >= 15 is 0 Å². The first-order valence-corrected chi connectivity index (χ1v) is 11.9. The lowest BCUT2D eigenvalue weighted by Crippen LogP contribution is -2.30. The molecule has 0 saturated carbocycles. The molecule has 2 heterocycles. The fraction of sp³-hybridized carbons (Fsp3) is 0.133. The van der Waals surface area contributed by atoms with Gasteiger partial charge in [-0.25, -0.2) is 4.98 Å². The van der Waals surface area contributed by atoms with Gasteiger partial charge in [-0.2, -0.15) is 0 Å². The lowest BCUT2D eigenvalue weighted by atomic mass is 10.00. The Hall–Kier alpha value is -4.38. The molecular formula is C30H25N3O2. The molecule has 1 aliphatic rings. The van der Waals surface area contributed by atoms with Crippen LogP contribution >= 0.6 is 0 Å². The van der Waals surface area contributed by atoms with E-state index in [0.717, 1.165) is 52.7 Å². The van der Waals surface area contributed by atoms with Crippen molar-refractivity contribution in [3.8, 4) is 5.75 Å². The van der Waals surface area contributed by atoms with E-state index < -0.39 is 0 Å². The van der Waals surface area contributed by atoms with E-state index in [1.165, 1.54) is 11.1 Å². The molecule has 1 aromatic heterocycles. The summed E-state index contributed by atoms with van der Waals surface area (Å²) in [7, 11) is 0. The van der Waals surface area contributed by atoms with Gasteiger partial charge >= 0.3 is 0 Å². The third-order valence-electron chi connectivity index (χ3n) is 6.55.